The van der Waals surface area contributed by atoms with Crippen molar-refractivity contribution in [1.29, 1.82) is 0 Å². The highest BCUT2D eigenvalue weighted by Gasteiger charge is 2.32. The second-order valence-corrected chi connectivity index (χ2v) is 8.65. The van der Waals surface area contributed by atoms with Crippen molar-refractivity contribution in [3.05, 3.63) is 46.8 Å². The number of rotatable bonds is 5. The number of carbonyl (C=O) groups is 1. The Morgan fingerprint density at radius 2 is 1.96 bits per heavy atom. The molecule has 1 aromatic heterocycles. The normalized spacial score (nSPS) is 16.5. The minimum absolute atomic E-state index is 0.0887. The lowest BCUT2D eigenvalue weighted by molar-refractivity contribution is -0.126. The SMILES string of the molecule is Cc1cc(CNC(=O)C2CCN(S(=O)(=O)c3ccc(Cl)cc3)CC2)no1. The molecule has 2 aromatic rings. The van der Waals surface area contributed by atoms with Crippen LogP contribution in [-0.4, -0.2) is 36.9 Å². The molecular weight excluding hydrogens is 378 g/mol. The summed E-state index contributed by atoms with van der Waals surface area (Å²) in [5.74, 6) is 0.392. The van der Waals surface area contributed by atoms with Crippen LogP contribution in [-0.2, 0) is 21.4 Å². The Labute approximate surface area is 157 Å². The van der Waals surface area contributed by atoms with E-state index in [1.807, 2.05) is 0 Å². The Morgan fingerprint density at radius 1 is 1.31 bits per heavy atom. The first-order valence-corrected chi connectivity index (χ1v) is 10.1. The van der Waals surface area contributed by atoms with E-state index >= 15 is 0 Å². The topological polar surface area (TPSA) is 92.5 Å². The number of hydrogen-bond donors (Lipinski definition) is 1. The fourth-order valence-corrected chi connectivity index (χ4v) is 4.53. The van der Waals surface area contributed by atoms with Gasteiger partial charge in [0.05, 0.1) is 11.4 Å². The standard InChI is InChI=1S/C17H20ClN3O4S/c1-12-10-15(20-25-12)11-19-17(22)13-6-8-21(9-7-13)26(23,24)16-4-2-14(18)3-5-16/h2-5,10,13H,6-9,11H2,1H3,(H,19,22). The fourth-order valence-electron chi connectivity index (χ4n) is 2.94. The van der Waals surface area contributed by atoms with Gasteiger partial charge in [-0.2, -0.15) is 4.31 Å². The molecule has 26 heavy (non-hydrogen) atoms. The van der Waals surface area contributed by atoms with Gasteiger partial charge in [0.25, 0.3) is 0 Å². The molecule has 1 saturated heterocycles. The summed E-state index contributed by atoms with van der Waals surface area (Å²) in [5.41, 5.74) is 0.665. The van der Waals surface area contributed by atoms with Crippen LogP contribution in [0.25, 0.3) is 0 Å². The number of piperidine rings is 1. The average molecular weight is 398 g/mol. The molecule has 0 saturated carbocycles. The maximum absolute atomic E-state index is 12.7. The molecule has 140 valence electrons. The average Bonchev–Trinajstić information content (AvgIpc) is 3.05. The van der Waals surface area contributed by atoms with Crippen LogP contribution >= 0.6 is 11.6 Å². The lowest BCUT2D eigenvalue weighted by Gasteiger charge is -2.30. The van der Waals surface area contributed by atoms with Gasteiger partial charge in [0.15, 0.2) is 0 Å². The summed E-state index contributed by atoms with van der Waals surface area (Å²) >= 11 is 5.81. The molecule has 9 heteroatoms. The third-order valence-electron chi connectivity index (χ3n) is 4.40. The molecule has 1 aromatic carbocycles. The summed E-state index contributed by atoms with van der Waals surface area (Å²) in [6.45, 7) is 2.72. The first kappa shape index (κ1) is 18.9. The summed E-state index contributed by atoms with van der Waals surface area (Å²) in [5, 5.41) is 7.15. The van der Waals surface area contributed by atoms with E-state index in [9.17, 15) is 13.2 Å². The predicted octanol–water partition coefficient (Wildman–Crippen LogP) is 2.35. The van der Waals surface area contributed by atoms with Crippen molar-refractivity contribution < 1.29 is 17.7 Å². The molecule has 0 atom stereocenters. The molecule has 1 fully saturated rings. The van der Waals surface area contributed by atoms with Crippen LogP contribution in [0.4, 0.5) is 0 Å². The predicted molar refractivity (Wildman–Crippen MR) is 96.0 cm³/mol. The largest absolute Gasteiger partial charge is 0.361 e. The maximum Gasteiger partial charge on any atom is 0.243 e. The number of carbonyl (C=O) groups excluding carboxylic acids is 1. The second kappa shape index (κ2) is 7.77. The Hall–Kier alpha value is -1.90. The summed E-state index contributed by atoms with van der Waals surface area (Å²) < 4.78 is 31.7. The number of benzene rings is 1. The first-order chi connectivity index (χ1) is 12.4. The van der Waals surface area contributed by atoms with Crippen molar-refractivity contribution in [2.24, 2.45) is 5.92 Å². The lowest BCUT2D eigenvalue weighted by atomic mass is 9.97. The molecule has 1 aliphatic rings. The molecule has 1 N–H and O–H groups in total. The Bertz CT molecular complexity index is 872. The number of nitrogens with zero attached hydrogens (tertiary/aromatic N) is 2. The molecule has 1 aliphatic heterocycles. The molecule has 0 aliphatic carbocycles. The van der Waals surface area contributed by atoms with Crippen molar-refractivity contribution in [1.82, 2.24) is 14.8 Å². The number of aryl methyl sites for hydroxylation is 1. The second-order valence-electron chi connectivity index (χ2n) is 6.28. The first-order valence-electron chi connectivity index (χ1n) is 8.32. The highest BCUT2D eigenvalue weighted by molar-refractivity contribution is 7.89. The smallest absolute Gasteiger partial charge is 0.243 e. The van der Waals surface area contributed by atoms with E-state index < -0.39 is 10.0 Å². The van der Waals surface area contributed by atoms with Gasteiger partial charge >= 0.3 is 0 Å². The van der Waals surface area contributed by atoms with Crippen molar-refractivity contribution in [3.63, 3.8) is 0 Å². The Kier molecular flexibility index (Phi) is 5.64. The molecule has 7 nitrogen and oxygen atoms in total. The van der Waals surface area contributed by atoms with Gasteiger partial charge in [0.1, 0.15) is 11.5 Å². The van der Waals surface area contributed by atoms with Crippen LogP contribution in [0.1, 0.15) is 24.3 Å². The van der Waals surface area contributed by atoms with Gasteiger partial charge in [-0.05, 0) is 44.0 Å². The Morgan fingerprint density at radius 3 is 2.54 bits per heavy atom. The van der Waals surface area contributed by atoms with Gasteiger partial charge < -0.3 is 9.84 Å². The number of aromatic nitrogens is 1. The Balaban J connectivity index is 1.54. The zero-order valence-corrected chi connectivity index (χ0v) is 15.9. The van der Waals surface area contributed by atoms with E-state index in [4.69, 9.17) is 16.1 Å². The van der Waals surface area contributed by atoms with Crippen molar-refractivity contribution >= 4 is 27.5 Å². The van der Waals surface area contributed by atoms with Crippen molar-refractivity contribution in [3.8, 4) is 0 Å². The van der Waals surface area contributed by atoms with Gasteiger partial charge in [0, 0.05) is 30.1 Å². The molecule has 0 spiro atoms. The molecule has 1 amide bonds. The highest BCUT2D eigenvalue weighted by Crippen LogP contribution is 2.25. The van der Waals surface area contributed by atoms with Gasteiger partial charge in [-0.15, -0.1) is 0 Å². The number of sulfonamides is 1. The van der Waals surface area contributed by atoms with Crippen LogP contribution < -0.4 is 5.32 Å². The summed E-state index contributed by atoms with van der Waals surface area (Å²) in [6.07, 6.45) is 0.965. The molecular formula is C17H20ClN3O4S. The van der Waals surface area contributed by atoms with Gasteiger partial charge in [-0.1, -0.05) is 16.8 Å². The van der Waals surface area contributed by atoms with Crippen LogP contribution in [0.2, 0.25) is 5.02 Å². The van der Waals surface area contributed by atoms with Crippen LogP contribution in [0.15, 0.2) is 39.8 Å². The summed E-state index contributed by atoms with van der Waals surface area (Å²) in [4.78, 5) is 12.5. The van der Waals surface area contributed by atoms with Crippen LogP contribution in [0.3, 0.4) is 0 Å². The van der Waals surface area contributed by atoms with Crippen LogP contribution in [0, 0.1) is 12.8 Å². The quantitative estimate of drug-likeness (QED) is 0.835. The van der Waals surface area contributed by atoms with Crippen molar-refractivity contribution in [2.75, 3.05) is 13.1 Å². The summed E-state index contributed by atoms with van der Waals surface area (Å²) in [7, 11) is -3.56. The molecule has 3 rings (SSSR count). The number of halogens is 1. The van der Waals surface area contributed by atoms with E-state index in [1.54, 1.807) is 25.1 Å². The van der Waals surface area contributed by atoms with E-state index in [-0.39, 0.29) is 16.7 Å². The highest BCUT2D eigenvalue weighted by atomic mass is 35.5. The lowest BCUT2D eigenvalue weighted by Crippen LogP contribution is -2.42. The number of hydrogen-bond acceptors (Lipinski definition) is 5. The minimum Gasteiger partial charge on any atom is -0.361 e. The number of amides is 1. The fraction of sp³-hybridized carbons (Fsp3) is 0.412. The van der Waals surface area contributed by atoms with Crippen molar-refractivity contribution in [2.45, 2.75) is 31.2 Å². The minimum atomic E-state index is -3.56. The number of nitrogens with one attached hydrogen (secondary N) is 1. The van der Waals surface area contributed by atoms with E-state index in [0.29, 0.717) is 49.0 Å². The van der Waals surface area contributed by atoms with E-state index in [1.165, 1.54) is 16.4 Å². The zero-order valence-electron chi connectivity index (χ0n) is 14.3. The molecule has 0 unspecified atom stereocenters. The van der Waals surface area contributed by atoms with Gasteiger partial charge in [0.2, 0.25) is 15.9 Å². The third kappa shape index (κ3) is 4.25. The maximum atomic E-state index is 12.7. The third-order valence-corrected chi connectivity index (χ3v) is 6.56. The molecule has 0 bridgehead atoms. The van der Waals surface area contributed by atoms with Gasteiger partial charge in [-0.3, -0.25) is 4.79 Å². The van der Waals surface area contributed by atoms with E-state index in [0.717, 1.165) is 0 Å². The van der Waals surface area contributed by atoms with Crippen LogP contribution in [0.5, 0.6) is 0 Å². The monoisotopic (exact) mass is 397 g/mol. The van der Waals surface area contributed by atoms with Gasteiger partial charge in [-0.25, -0.2) is 8.42 Å². The molecule has 0 radical (unpaired) electrons. The summed E-state index contributed by atoms with van der Waals surface area (Å²) in [6, 6.07) is 7.87. The van der Waals surface area contributed by atoms with E-state index in [2.05, 4.69) is 10.5 Å². The zero-order chi connectivity index (χ0) is 18.7. The molecule has 2 heterocycles.